The van der Waals surface area contributed by atoms with Crippen LogP contribution in [0, 0.1) is 0 Å². The molecular weight excluding hydrogens is 474 g/mol. The Kier molecular flexibility index (Phi) is 8.05. The Labute approximate surface area is 215 Å². The molecule has 0 saturated carbocycles. The van der Waals surface area contributed by atoms with Crippen LogP contribution in [0.2, 0.25) is 0 Å². The Morgan fingerprint density at radius 2 is 1.46 bits per heavy atom. The maximum absolute atomic E-state index is 5.40. The van der Waals surface area contributed by atoms with E-state index in [4.69, 9.17) is 14.7 Å². The number of hydrazine groups is 1. The maximum Gasteiger partial charge on any atom is 0.169 e. The first kappa shape index (κ1) is 23.9. The molecular formula is C27H29N5OS2. The summed E-state index contributed by atoms with van der Waals surface area (Å²) in [6.45, 7) is 4.45. The molecule has 35 heavy (non-hydrogen) atoms. The number of rotatable bonds is 5. The highest BCUT2D eigenvalue weighted by Crippen LogP contribution is 2.29. The van der Waals surface area contributed by atoms with Gasteiger partial charge in [0.25, 0.3) is 0 Å². The molecule has 0 radical (unpaired) electrons. The number of nitrogens with one attached hydrogen (secondary N) is 1. The van der Waals surface area contributed by atoms with Gasteiger partial charge in [-0.2, -0.15) is 0 Å². The Balaban J connectivity index is 0.000000271. The number of fused-ring (bicyclic) bond motifs is 2. The summed E-state index contributed by atoms with van der Waals surface area (Å²) in [4.78, 5) is 12.1. The summed E-state index contributed by atoms with van der Waals surface area (Å²) in [5.41, 5.74) is 7.49. The van der Waals surface area contributed by atoms with E-state index in [0.29, 0.717) is 0 Å². The third-order valence-electron chi connectivity index (χ3n) is 5.75. The fraction of sp³-hybridized carbons (Fsp3) is 0.259. The van der Waals surface area contributed by atoms with Crippen LogP contribution in [0.15, 0.2) is 88.7 Å². The van der Waals surface area contributed by atoms with Crippen molar-refractivity contribution < 1.29 is 4.74 Å². The number of thioether (sulfide) groups is 1. The zero-order valence-electron chi connectivity index (χ0n) is 19.8. The molecule has 4 aromatic rings. The molecule has 0 atom stereocenters. The lowest BCUT2D eigenvalue weighted by molar-refractivity contribution is 0.0773. The molecule has 2 aliphatic heterocycles. The molecule has 180 valence electrons. The number of hydrogen-bond donors (Lipinski definition) is 1. The minimum absolute atomic E-state index is 0.816. The fourth-order valence-electron chi connectivity index (χ4n) is 3.93. The zero-order valence-corrected chi connectivity index (χ0v) is 21.4. The molecule has 3 aromatic carbocycles. The lowest BCUT2D eigenvalue weighted by Gasteiger charge is -2.25. The predicted octanol–water partition coefficient (Wildman–Crippen LogP) is 5.77. The third kappa shape index (κ3) is 6.27. The molecule has 1 fully saturated rings. The summed E-state index contributed by atoms with van der Waals surface area (Å²) >= 11 is 3.56. The van der Waals surface area contributed by atoms with E-state index in [2.05, 4.69) is 57.4 Å². The van der Waals surface area contributed by atoms with Gasteiger partial charge in [0.2, 0.25) is 0 Å². The van der Waals surface area contributed by atoms with Crippen LogP contribution in [0.3, 0.4) is 0 Å². The van der Waals surface area contributed by atoms with Gasteiger partial charge in [-0.3, -0.25) is 10.4 Å². The Bertz CT molecular complexity index is 1230. The van der Waals surface area contributed by atoms with Crippen LogP contribution >= 0.6 is 23.7 Å². The highest BCUT2D eigenvalue weighted by molar-refractivity contribution is 7.98. The number of ether oxygens (including phenoxy) is 1. The van der Waals surface area contributed by atoms with E-state index in [0.717, 1.165) is 67.5 Å². The molecule has 3 heterocycles. The monoisotopic (exact) mass is 503 g/mol. The Morgan fingerprint density at radius 3 is 2.14 bits per heavy atom. The van der Waals surface area contributed by atoms with Crippen LogP contribution < -0.4 is 10.4 Å². The van der Waals surface area contributed by atoms with Gasteiger partial charge >= 0.3 is 0 Å². The average Bonchev–Trinajstić information content (AvgIpc) is 3.31. The van der Waals surface area contributed by atoms with Crippen LogP contribution in [0.5, 0.6) is 0 Å². The van der Waals surface area contributed by atoms with E-state index in [1.807, 2.05) is 42.5 Å². The number of aromatic nitrogens is 2. The molecule has 1 N–H and O–H groups in total. The number of hydrogen-bond acceptors (Lipinski definition) is 8. The molecule has 1 aromatic heterocycles. The van der Waals surface area contributed by atoms with E-state index in [-0.39, 0.29) is 0 Å². The SMILES string of the molecule is CSc1ccccc1.c1ccc2nc3c(nc2c1)CCN3Nc1ccc(SN2CCOCC2)cc1. The van der Waals surface area contributed by atoms with Crippen molar-refractivity contribution in [2.45, 2.75) is 16.2 Å². The van der Waals surface area contributed by atoms with E-state index in [1.54, 1.807) is 23.7 Å². The second-order valence-corrected chi connectivity index (χ2v) is 10.2. The van der Waals surface area contributed by atoms with Crippen molar-refractivity contribution in [3.8, 4) is 0 Å². The number of anilines is 2. The van der Waals surface area contributed by atoms with Gasteiger partial charge in [0, 0.05) is 35.8 Å². The molecule has 8 heteroatoms. The van der Waals surface area contributed by atoms with Crippen molar-refractivity contribution in [2.75, 3.05) is 49.5 Å². The highest BCUT2D eigenvalue weighted by atomic mass is 32.2. The van der Waals surface area contributed by atoms with Crippen molar-refractivity contribution in [1.82, 2.24) is 14.3 Å². The van der Waals surface area contributed by atoms with Crippen molar-refractivity contribution in [3.05, 3.63) is 84.6 Å². The first-order valence-corrected chi connectivity index (χ1v) is 13.8. The first-order chi connectivity index (χ1) is 17.3. The Hall–Kier alpha value is -2.78. The number of para-hydroxylation sites is 2. The first-order valence-electron chi connectivity index (χ1n) is 11.8. The number of nitrogens with zero attached hydrogens (tertiary/aromatic N) is 4. The second-order valence-electron chi connectivity index (χ2n) is 8.17. The maximum atomic E-state index is 5.40. The summed E-state index contributed by atoms with van der Waals surface area (Å²) in [6, 6.07) is 26.9. The lowest BCUT2D eigenvalue weighted by Crippen LogP contribution is -2.30. The molecule has 1 saturated heterocycles. The fourth-order valence-corrected chi connectivity index (χ4v) is 5.25. The van der Waals surface area contributed by atoms with Crippen molar-refractivity contribution in [2.24, 2.45) is 0 Å². The third-order valence-corrected chi connectivity index (χ3v) is 7.60. The largest absolute Gasteiger partial charge is 0.379 e. The molecule has 0 amide bonds. The summed E-state index contributed by atoms with van der Waals surface area (Å²) in [6.07, 6.45) is 2.99. The van der Waals surface area contributed by atoms with E-state index >= 15 is 0 Å². The van der Waals surface area contributed by atoms with Crippen LogP contribution in [0.4, 0.5) is 11.5 Å². The minimum Gasteiger partial charge on any atom is -0.379 e. The number of morpholine rings is 1. The minimum atomic E-state index is 0.816. The summed E-state index contributed by atoms with van der Waals surface area (Å²) in [5, 5.41) is 2.10. The highest BCUT2D eigenvalue weighted by Gasteiger charge is 2.23. The van der Waals surface area contributed by atoms with Crippen LogP contribution in [0.1, 0.15) is 5.69 Å². The standard InChI is InChI=1S/C20H21N5OS.C7H8S/c1-2-4-18-17(3-1)21-19-9-10-25(20(19)22-18)23-15-5-7-16(8-6-15)27-24-11-13-26-14-12-24;1-8-7-5-3-2-4-6-7/h1-8,23H,9-14H2;2-6H,1H3. The van der Waals surface area contributed by atoms with Crippen molar-refractivity contribution in [1.29, 1.82) is 0 Å². The van der Waals surface area contributed by atoms with Crippen molar-refractivity contribution >= 4 is 46.2 Å². The average molecular weight is 504 g/mol. The smallest absolute Gasteiger partial charge is 0.169 e. The van der Waals surface area contributed by atoms with E-state index < -0.39 is 0 Å². The van der Waals surface area contributed by atoms with Crippen LogP contribution in [-0.4, -0.2) is 53.4 Å². The van der Waals surface area contributed by atoms with Crippen LogP contribution in [0.25, 0.3) is 11.0 Å². The molecule has 0 unspecified atom stereocenters. The van der Waals surface area contributed by atoms with Gasteiger partial charge in [0.15, 0.2) is 5.82 Å². The molecule has 2 aliphatic rings. The van der Waals surface area contributed by atoms with Gasteiger partial charge < -0.3 is 4.74 Å². The zero-order chi connectivity index (χ0) is 23.9. The molecule has 0 bridgehead atoms. The van der Waals surface area contributed by atoms with Gasteiger partial charge in [0.1, 0.15) is 0 Å². The molecule has 6 nitrogen and oxygen atoms in total. The molecule has 0 spiro atoms. The van der Waals surface area contributed by atoms with Gasteiger partial charge in [-0.1, -0.05) is 30.3 Å². The quantitative estimate of drug-likeness (QED) is 0.272. The summed E-state index contributed by atoms with van der Waals surface area (Å²) in [5.74, 6) is 0.931. The number of benzene rings is 3. The Morgan fingerprint density at radius 1 is 0.771 bits per heavy atom. The molecule has 6 rings (SSSR count). The molecule has 0 aliphatic carbocycles. The van der Waals surface area contributed by atoms with Gasteiger partial charge in [0.05, 0.1) is 35.6 Å². The van der Waals surface area contributed by atoms with E-state index in [9.17, 15) is 0 Å². The van der Waals surface area contributed by atoms with E-state index in [1.165, 1.54) is 9.79 Å². The topological polar surface area (TPSA) is 53.5 Å². The van der Waals surface area contributed by atoms with Gasteiger partial charge in [-0.05, 0) is 66.7 Å². The summed E-state index contributed by atoms with van der Waals surface area (Å²) < 4.78 is 7.76. The van der Waals surface area contributed by atoms with Gasteiger partial charge in [-0.25, -0.2) is 14.3 Å². The summed E-state index contributed by atoms with van der Waals surface area (Å²) in [7, 11) is 0. The normalized spacial score (nSPS) is 15.4. The second kappa shape index (κ2) is 11.8. The van der Waals surface area contributed by atoms with Crippen molar-refractivity contribution in [3.63, 3.8) is 0 Å². The predicted molar refractivity (Wildman–Crippen MR) is 147 cm³/mol. The lowest BCUT2D eigenvalue weighted by atomic mass is 10.3. The van der Waals surface area contributed by atoms with Crippen LogP contribution in [-0.2, 0) is 11.2 Å². The van der Waals surface area contributed by atoms with Gasteiger partial charge in [-0.15, -0.1) is 11.8 Å².